The normalized spacial score (nSPS) is 13.4. The molecule has 6 nitrogen and oxygen atoms in total. The van der Waals surface area contributed by atoms with Gasteiger partial charge >= 0.3 is 0 Å². The first-order valence-corrected chi connectivity index (χ1v) is 14.9. The van der Waals surface area contributed by atoms with Crippen molar-refractivity contribution in [1.82, 2.24) is 4.57 Å². The fourth-order valence-electron chi connectivity index (χ4n) is 4.83. The molecular formula is C30H29BrN3O3P. The van der Waals surface area contributed by atoms with Crippen LogP contribution in [0.3, 0.4) is 0 Å². The van der Waals surface area contributed by atoms with E-state index in [0.29, 0.717) is 5.69 Å². The standard InChI is InChI=1S/C30H29BrN3O3P/c1-5-33-28-9-7-6-8-26(28)27-20-25(18-19-29(27)33)38(30(2,3)4,37-24-16-10-21(31)11-17-24)32-22-12-14-23(15-13-22)34(35)36/h6-20H,5H2,1-4H3/t38-/m0/s1. The van der Waals surface area contributed by atoms with E-state index < -0.39 is 17.4 Å². The molecule has 4 aromatic carbocycles. The molecule has 0 N–H and O–H groups in total. The minimum atomic E-state index is -2.78. The van der Waals surface area contributed by atoms with Crippen molar-refractivity contribution in [2.45, 2.75) is 39.4 Å². The van der Waals surface area contributed by atoms with E-state index in [2.05, 4.69) is 90.7 Å². The van der Waals surface area contributed by atoms with E-state index in [0.717, 1.165) is 27.5 Å². The summed E-state index contributed by atoms with van der Waals surface area (Å²) in [6, 6.07) is 29.2. The van der Waals surface area contributed by atoms with Crippen molar-refractivity contribution in [2.24, 2.45) is 4.74 Å². The Balaban J connectivity index is 1.82. The number of hydrogen-bond donors (Lipinski definition) is 0. The quantitative estimate of drug-likeness (QED) is 0.112. The molecule has 0 bridgehead atoms. The van der Waals surface area contributed by atoms with Crippen molar-refractivity contribution >= 4 is 61.7 Å². The number of rotatable bonds is 6. The summed E-state index contributed by atoms with van der Waals surface area (Å²) in [7, 11) is -2.78. The Morgan fingerprint density at radius 1 is 0.921 bits per heavy atom. The van der Waals surface area contributed by atoms with Crippen LogP contribution < -0.4 is 9.83 Å². The zero-order chi connectivity index (χ0) is 27.1. The summed E-state index contributed by atoms with van der Waals surface area (Å²) in [6.07, 6.45) is 0. The number of nitrogens with zero attached hydrogens (tertiary/aromatic N) is 3. The van der Waals surface area contributed by atoms with E-state index >= 15 is 0 Å². The molecule has 38 heavy (non-hydrogen) atoms. The SMILES string of the molecule is CCn1c2ccccc2c2cc([P@](=Nc3ccc([N+](=O)[O-])cc3)(Oc3ccc(Br)cc3)C(C)(C)C)ccc21. The summed E-state index contributed by atoms with van der Waals surface area (Å²) in [5.74, 6) is 0.721. The zero-order valence-electron chi connectivity index (χ0n) is 21.8. The Morgan fingerprint density at radius 2 is 1.58 bits per heavy atom. The van der Waals surface area contributed by atoms with Gasteiger partial charge in [0.05, 0.1) is 10.6 Å². The van der Waals surface area contributed by atoms with E-state index in [1.807, 2.05) is 24.3 Å². The number of hydrogen-bond acceptors (Lipinski definition) is 4. The van der Waals surface area contributed by atoms with Crippen molar-refractivity contribution < 1.29 is 9.45 Å². The van der Waals surface area contributed by atoms with E-state index in [9.17, 15) is 10.1 Å². The summed E-state index contributed by atoms with van der Waals surface area (Å²) in [4.78, 5) is 10.9. The number of halogens is 1. The Kier molecular flexibility index (Phi) is 6.93. The van der Waals surface area contributed by atoms with Crippen molar-refractivity contribution in [3.63, 3.8) is 0 Å². The van der Waals surface area contributed by atoms with Crippen LogP contribution in [0, 0.1) is 10.1 Å². The van der Waals surface area contributed by atoms with Gasteiger partial charge in [-0.1, -0.05) is 54.9 Å². The summed E-state index contributed by atoms with van der Waals surface area (Å²) in [5.41, 5.74) is 3.05. The Labute approximate surface area is 230 Å². The molecule has 0 spiro atoms. The van der Waals surface area contributed by atoms with E-state index in [1.165, 1.54) is 28.6 Å². The monoisotopic (exact) mass is 589 g/mol. The number of para-hydroxylation sites is 1. The molecule has 8 heteroatoms. The Bertz CT molecular complexity index is 1700. The number of non-ortho nitro benzene ring substituents is 1. The predicted octanol–water partition coefficient (Wildman–Crippen LogP) is 9.44. The third-order valence-corrected chi connectivity index (χ3v) is 11.0. The van der Waals surface area contributed by atoms with Gasteiger partial charge in [-0.15, -0.1) is 0 Å². The zero-order valence-corrected chi connectivity index (χ0v) is 24.2. The average Bonchev–Trinajstić information content (AvgIpc) is 3.22. The molecule has 0 aliphatic carbocycles. The molecule has 0 amide bonds. The van der Waals surface area contributed by atoms with Crippen LogP contribution in [0.25, 0.3) is 21.8 Å². The molecule has 5 rings (SSSR count). The van der Waals surface area contributed by atoms with Crippen molar-refractivity contribution in [3.05, 3.63) is 106 Å². The lowest BCUT2D eigenvalue weighted by molar-refractivity contribution is -0.384. The number of aromatic nitrogens is 1. The summed E-state index contributed by atoms with van der Waals surface area (Å²) < 4.78 is 15.6. The first-order chi connectivity index (χ1) is 18.1. The highest BCUT2D eigenvalue weighted by atomic mass is 79.9. The summed E-state index contributed by atoms with van der Waals surface area (Å²) in [5, 5.41) is 14.2. The maximum atomic E-state index is 11.3. The highest BCUT2D eigenvalue weighted by molar-refractivity contribution is 9.10. The van der Waals surface area contributed by atoms with Gasteiger partial charge in [0, 0.05) is 55.4 Å². The van der Waals surface area contributed by atoms with E-state index in [-0.39, 0.29) is 5.69 Å². The fourth-order valence-corrected chi connectivity index (χ4v) is 8.17. The molecule has 0 unspecified atom stereocenters. The highest BCUT2D eigenvalue weighted by Crippen LogP contribution is 2.62. The van der Waals surface area contributed by atoms with Crippen LogP contribution in [0.15, 0.2) is 100 Å². The molecular weight excluding hydrogens is 561 g/mol. The van der Waals surface area contributed by atoms with Gasteiger partial charge in [0.15, 0.2) is 7.28 Å². The Morgan fingerprint density at radius 3 is 2.21 bits per heavy atom. The lowest BCUT2D eigenvalue weighted by Gasteiger charge is -2.37. The molecule has 0 fully saturated rings. The maximum Gasteiger partial charge on any atom is 0.269 e. The molecule has 1 atom stereocenters. The number of nitro groups is 1. The number of benzene rings is 4. The minimum Gasteiger partial charge on any atom is -0.455 e. The predicted molar refractivity (Wildman–Crippen MR) is 161 cm³/mol. The van der Waals surface area contributed by atoms with Crippen molar-refractivity contribution in [1.29, 1.82) is 0 Å². The fraction of sp³-hybridized carbons (Fsp3) is 0.200. The van der Waals surface area contributed by atoms with Crippen LogP contribution in [-0.2, 0) is 6.54 Å². The van der Waals surface area contributed by atoms with E-state index in [4.69, 9.17) is 9.27 Å². The van der Waals surface area contributed by atoms with Crippen LogP contribution in [-0.4, -0.2) is 14.6 Å². The smallest absolute Gasteiger partial charge is 0.269 e. The molecule has 1 aromatic heterocycles. The molecule has 0 radical (unpaired) electrons. The van der Waals surface area contributed by atoms with Gasteiger partial charge in [0.2, 0.25) is 0 Å². The summed E-state index contributed by atoms with van der Waals surface area (Å²) >= 11 is 3.51. The topological polar surface area (TPSA) is 69.7 Å². The highest BCUT2D eigenvalue weighted by Gasteiger charge is 2.39. The maximum absolute atomic E-state index is 11.3. The number of aryl methyl sites for hydroxylation is 1. The van der Waals surface area contributed by atoms with Gasteiger partial charge in [-0.25, -0.2) is 4.74 Å². The van der Waals surface area contributed by atoms with Crippen LogP contribution in [0.2, 0.25) is 0 Å². The molecule has 5 aromatic rings. The lowest BCUT2D eigenvalue weighted by Crippen LogP contribution is -2.27. The molecule has 0 saturated heterocycles. The van der Waals surface area contributed by atoms with Gasteiger partial charge in [0.25, 0.3) is 5.69 Å². The molecule has 0 aliphatic heterocycles. The largest absolute Gasteiger partial charge is 0.455 e. The molecule has 1 heterocycles. The first kappa shape index (κ1) is 26.2. The third-order valence-electron chi connectivity index (χ3n) is 6.70. The second kappa shape index (κ2) is 10.0. The first-order valence-electron chi connectivity index (χ1n) is 12.5. The second-order valence-electron chi connectivity index (χ2n) is 10.1. The average molecular weight is 590 g/mol. The van der Waals surface area contributed by atoms with Crippen LogP contribution in [0.5, 0.6) is 5.75 Å². The molecule has 0 aliphatic rings. The number of nitro benzene ring substituents is 1. The van der Waals surface area contributed by atoms with Gasteiger partial charge in [-0.3, -0.25) is 10.1 Å². The second-order valence-corrected chi connectivity index (χ2v) is 14.4. The lowest BCUT2D eigenvalue weighted by atomic mass is 10.1. The van der Waals surface area contributed by atoms with Gasteiger partial charge in [-0.2, -0.15) is 0 Å². The van der Waals surface area contributed by atoms with Gasteiger partial charge in [-0.05, 0) is 67.6 Å². The van der Waals surface area contributed by atoms with Crippen LogP contribution >= 0.6 is 23.2 Å². The van der Waals surface area contributed by atoms with Crippen molar-refractivity contribution in [3.8, 4) is 5.75 Å². The molecule has 0 saturated carbocycles. The van der Waals surface area contributed by atoms with Gasteiger partial charge in [0.1, 0.15) is 5.75 Å². The van der Waals surface area contributed by atoms with Crippen LogP contribution in [0.1, 0.15) is 27.7 Å². The van der Waals surface area contributed by atoms with Crippen molar-refractivity contribution in [2.75, 3.05) is 0 Å². The van der Waals surface area contributed by atoms with Gasteiger partial charge < -0.3 is 9.09 Å². The van der Waals surface area contributed by atoms with E-state index in [1.54, 1.807) is 12.1 Å². The summed E-state index contributed by atoms with van der Waals surface area (Å²) in [6.45, 7) is 9.47. The van der Waals surface area contributed by atoms with Crippen LogP contribution in [0.4, 0.5) is 11.4 Å². The molecule has 194 valence electrons. The Hall–Kier alpha value is -3.41. The minimum absolute atomic E-state index is 0.0336. The number of fused-ring (bicyclic) bond motifs is 3. The third kappa shape index (κ3) is 4.65.